The van der Waals surface area contributed by atoms with Crippen LogP contribution >= 0.6 is 11.3 Å². The molecule has 2 N–H and O–H groups in total. The van der Waals surface area contributed by atoms with Crippen LogP contribution in [-0.4, -0.2) is 22.6 Å². The Morgan fingerprint density at radius 1 is 1.16 bits per heavy atom. The number of nitrogens with zero attached hydrogens (tertiary/aromatic N) is 2. The van der Waals surface area contributed by atoms with Crippen LogP contribution in [0.2, 0.25) is 0 Å². The second kappa shape index (κ2) is 8.25. The topological polar surface area (TPSA) is 76.1 Å². The zero-order chi connectivity index (χ0) is 17.5. The quantitative estimate of drug-likeness (QED) is 0.703. The minimum Gasteiger partial charge on any atom is -0.494 e. The van der Waals surface area contributed by atoms with E-state index in [1.807, 2.05) is 35.9 Å². The first-order valence-electron chi connectivity index (χ1n) is 7.86. The molecule has 0 aliphatic carbocycles. The molecule has 1 aromatic carbocycles. The molecule has 3 aromatic rings. The molecule has 0 aliphatic heterocycles. The van der Waals surface area contributed by atoms with Gasteiger partial charge in [-0.25, -0.2) is 4.79 Å². The zero-order valence-corrected chi connectivity index (χ0v) is 14.5. The highest BCUT2D eigenvalue weighted by atomic mass is 32.1. The highest BCUT2D eigenvalue weighted by Gasteiger charge is 2.10. The first-order valence-corrected chi connectivity index (χ1v) is 8.80. The number of hydrogen-bond donors (Lipinski definition) is 2. The number of aromatic nitrogens is 2. The van der Waals surface area contributed by atoms with Crippen molar-refractivity contribution in [3.05, 3.63) is 59.2 Å². The van der Waals surface area contributed by atoms with E-state index in [0.717, 1.165) is 22.7 Å². The summed E-state index contributed by atoms with van der Waals surface area (Å²) in [6.45, 7) is 2.83. The summed E-state index contributed by atoms with van der Waals surface area (Å²) in [6, 6.07) is 8.91. The monoisotopic (exact) mass is 354 g/mol. The number of nitrogens with one attached hydrogen (secondary N) is 2. The van der Waals surface area contributed by atoms with E-state index in [2.05, 4.69) is 20.6 Å². The van der Waals surface area contributed by atoms with Crippen molar-refractivity contribution >= 4 is 23.1 Å². The molecule has 2 heterocycles. The van der Waals surface area contributed by atoms with Gasteiger partial charge in [-0.15, -0.1) is 0 Å². The summed E-state index contributed by atoms with van der Waals surface area (Å²) in [5.41, 5.74) is 3.20. The van der Waals surface area contributed by atoms with Gasteiger partial charge >= 0.3 is 6.03 Å². The maximum Gasteiger partial charge on any atom is 0.319 e. The van der Waals surface area contributed by atoms with Crippen LogP contribution in [0.25, 0.3) is 11.3 Å². The number of amides is 2. The summed E-state index contributed by atoms with van der Waals surface area (Å²) in [6.07, 6.45) is 3.27. The van der Waals surface area contributed by atoms with Gasteiger partial charge in [-0.2, -0.15) is 11.3 Å². The fraction of sp³-hybridized carbons (Fsp3) is 0.167. The van der Waals surface area contributed by atoms with Gasteiger partial charge in [0.25, 0.3) is 0 Å². The molecule has 0 atom stereocenters. The molecule has 0 fully saturated rings. The van der Waals surface area contributed by atoms with Crippen LogP contribution in [0.15, 0.2) is 53.5 Å². The third-order valence-electron chi connectivity index (χ3n) is 3.41. The number of rotatable bonds is 6. The van der Waals surface area contributed by atoms with Gasteiger partial charge in [-0.1, -0.05) is 0 Å². The van der Waals surface area contributed by atoms with Crippen LogP contribution in [0, 0.1) is 0 Å². The van der Waals surface area contributed by atoms with Crippen molar-refractivity contribution in [3.8, 4) is 17.0 Å². The van der Waals surface area contributed by atoms with Gasteiger partial charge in [0, 0.05) is 29.0 Å². The molecule has 2 aromatic heterocycles. The number of carbonyl (C=O) groups is 1. The fourth-order valence-corrected chi connectivity index (χ4v) is 2.92. The molecule has 3 rings (SSSR count). The molecule has 0 spiro atoms. The Morgan fingerprint density at radius 3 is 2.68 bits per heavy atom. The molecule has 0 unspecified atom stereocenters. The zero-order valence-electron chi connectivity index (χ0n) is 13.7. The van der Waals surface area contributed by atoms with Crippen molar-refractivity contribution in [1.82, 2.24) is 15.3 Å². The summed E-state index contributed by atoms with van der Waals surface area (Å²) in [5, 5.41) is 9.59. The van der Waals surface area contributed by atoms with Crippen LogP contribution < -0.4 is 15.4 Å². The predicted octanol–water partition coefficient (Wildman–Crippen LogP) is 3.93. The summed E-state index contributed by atoms with van der Waals surface area (Å²) >= 11 is 1.60. The van der Waals surface area contributed by atoms with Gasteiger partial charge in [-0.05, 0) is 42.6 Å². The molecule has 2 amide bonds. The lowest BCUT2D eigenvalue weighted by Gasteiger charge is -2.10. The third-order valence-corrected chi connectivity index (χ3v) is 4.09. The van der Waals surface area contributed by atoms with Crippen molar-refractivity contribution in [2.24, 2.45) is 0 Å². The lowest BCUT2D eigenvalue weighted by Crippen LogP contribution is -2.28. The van der Waals surface area contributed by atoms with Crippen LogP contribution in [0.3, 0.4) is 0 Å². The molecule has 6 nitrogen and oxygen atoms in total. The van der Waals surface area contributed by atoms with E-state index in [-0.39, 0.29) is 6.03 Å². The number of ether oxygens (including phenoxy) is 1. The number of benzene rings is 1. The second-order valence-corrected chi connectivity index (χ2v) is 5.91. The maximum atomic E-state index is 12.1. The predicted molar refractivity (Wildman–Crippen MR) is 98.8 cm³/mol. The van der Waals surface area contributed by atoms with E-state index in [1.54, 1.807) is 35.9 Å². The molecule has 0 bridgehead atoms. The maximum absolute atomic E-state index is 12.1. The smallest absolute Gasteiger partial charge is 0.319 e. The largest absolute Gasteiger partial charge is 0.494 e. The normalized spacial score (nSPS) is 10.3. The van der Waals surface area contributed by atoms with Crippen LogP contribution in [0.4, 0.5) is 10.5 Å². The molecule has 0 aliphatic rings. The van der Waals surface area contributed by atoms with Gasteiger partial charge in [0.05, 0.1) is 24.5 Å². The molecular formula is C18H18N4O2S. The van der Waals surface area contributed by atoms with E-state index in [1.165, 1.54) is 0 Å². The van der Waals surface area contributed by atoms with E-state index >= 15 is 0 Å². The Labute approximate surface area is 149 Å². The van der Waals surface area contributed by atoms with Crippen LogP contribution in [0.5, 0.6) is 5.75 Å². The Morgan fingerprint density at radius 2 is 1.96 bits per heavy atom. The lowest BCUT2D eigenvalue weighted by molar-refractivity contribution is 0.251. The van der Waals surface area contributed by atoms with E-state index in [4.69, 9.17) is 4.74 Å². The van der Waals surface area contributed by atoms with Crippen molar-refractivity contribution in [3.63, 3.8) is 0 Å². The molecule has 0 saturated heterocycles. The molecule has 0 radical (unpaired) electrons. The number of carbonyl (C=O) groups excluding carboxylic acids is 1. The fourth-order valence-electron chi connectivity index (χ4n) is 2.28. The van der Waals surface area contributed by atoms with Crippen molar-refractivity contribution in [1.29, 1.82) is 0 Å². The Balaban J connectivity index is 1.59. The first-order chi connectivity index (χ1) is 12.3. The molecule has 0 saturated carbocycles. The standard InChI is InChI=1S/C18H18N4O2S/c1-2-24-15-5-3-14(4-6-15)22-18(23)21-11-16-17(20-9-8-19-16)13-7-10-25-12-13/h3-10,12H,2,11H2,1H3,(H2,21,22,23). The average molecular weight is 354 g/mol. The number of hydrogen-bond acceptors (Lipinski definition) is 5. The summed E-state index contributed by atoms with van der Waals surface area (Å²) in [5.74, 6) is 0.772. The van der Waals surface area contributed by atoms with Gasteiger partial charge in [0.15, 0.2) is 0 Å². The van der Waals surface area contributed by atoms with E-state index < -0.39 is 0 Å². The van der Waals surface area contributed by atoms with Gasteiger partial charge in [-0.3, -0.25) is 9.97 Å². The highest BCUT2D eigenvalue weighted by molar-refractivity contribution is 7.08. The van der Waals surface area contributed by atoms with Gasteiger partial charge in [0.2, 0.25) is 0 Å². The lowest BCUT2D eigenvalue weighted by atomic mass is 10.2. The first kappa shape index (κ1) is 16.9. The van der Waals surface area contributed by atoms with Gasteiger partial charge in [0.1, 0.15) is 5.75 Å². The second-order valence-electron chi connectivity index (χ2n) is 5.13. The number of urea groups is 1. The van der Waals surface area contributed by atoms with Crippen molar-refractivity contribution < 1.29 is 9.53 Å². The molecule has 7 heteroatoms. The average Bonchev–Trinajstić information content (AvgIpc) is 3.17. The Bertz CT molecular complexity index is 819. The van der Waals surface area contributed by atoms with E-state index in [0.29, 0.717) is 18.8 Å². The Hall–Kier alpha value is -2.93. The molecule has 25 heavy (non-hydrogen) atoms. The third kappa shape index (κ3) is 4.54. The van der Waals surface area contributed by atoms with Gasteiger partial charge < -0.3 is 15.4 Å². The minimum atomic E-state index is -0.300. The van der Waals surface area contributed by atoms with Crippen LogP contribution in [-0.2, 0) is 6.54 Å². The number of anilines is 1. The van der Waals surface area contributed by atoms with Crippen molar-refractivity contribution in [2.45, 2.75) is 13.5 Å². The Kier molecular flexibility index (Phi) is 5.58. The van der Waals surface area contributed by atoms with E-state index in [9.17, 15) is 4.79 Å². The summed E-state index contributed by atoms with van der Waals surface area (Å²) < 4.78 is 5.38. The summed E-state index contributed by atoms with van der Waals surface area (Å²) in [7, 11) is 0. The molecule has 128 valence electrons. The number of thiophene rings is 1. The van der Waals surface area contributed by atoms with Crippen molar-refractivity contribution in [2.75, 3.05) is 11.9 Å². The SMILES string of the molecule is CCOc1ccc(NC(=O)NCc2nccnc2-c2ccsc2)cc1. The summed E-state index contributed by atoms with van der Waals surface area (Å²) in [4.78, 5) is 20.8. The van der Waals surface area contributed by atoms with Crippen LogP contribution in [0.1, 0.15) is 12.6 Å². The highest BCUT2D eigenvalue weighted by Crippen LogP contribution is 2.22. The minimum absolute atomic E-state index is 0.294. The molecular weight excluding hydrogens is 336 g/mol.